The van der Waals surface area contributed by atoms with E-state index in [-0.39, 0.29) is 17.1 Å². The molecular weight excluding hydrogens is 460 g/mol. The minimum Gasteiger partial charge on any atom is -0.493 e. The van der Waals surface area contributed by atoms with Crippen LogP contribution in [0, 0.1) is 6.92 Å². The van der Waals surface area contributed by atoms with Crippen LogP contribution < -0.4 is 19.5 Å². The highest BCUT2D eigenvalue weighted by Crippen LogP contribution is 2.40. The Hall–Kier alpha value is -3.98. The number of aromatic nitrogens is 3. The highest BCUT2D eigenvalue weighted by molar-refractivity contribution is 6.30. The first-order chi connectivity index (χ1) is 16.4. The molecule has 0 atom stereocenters. The summed E-state index contributed by atoms with van der Waals surface area (Å²) in [6, 6.07) is 10.6. The zero-order valence-corrected chi connectivity index (χ0v) is 19.8. The monoisotopic (exact) mass is 482 g/mol. The Bertz CT molecular complexity index is 1340. The largest absolute Gasteiger partial charge is 0.493 e. The molecule has 0 aliphatic rings. The Kier molecular flexibility index (Phi) is 6.47. The van der Waals surface area contributed by atoms with E-state index in [2.05, 4.69) is 15.4 Å². The van der Waals surface area contributed by atoms with E-state index < -0.39 is 5.91 Å². The number of hydrogen-bond acceptors (Lipinski definition) is 7. The first-order valence-corrected chi connectivity index (χ1v) is 10.7. The summed E-state index contributed by atoms with van der Waals surface area (Å²) in [5.74, 6) is 0.672. The molecule has 0 unspecified atom stereocenters. The Labute approximate surface area is 200 Å². The maximum absolute atomic E-state index is 13.1. The molecule has 0 spiro atoms. The molecule has 2 heterocycles. The number of carbonyl (C=O) groups excluding carboxylic acids is 1. The summed E-state index contributed by atoms with van der Waals surface area (Å²) in [5, 5.41) is 18.5. The van der Waals surface area contributed by atoms with Crippen molar-refractivity contribution in [1.82, 2.24) is 14.6 Å². The van der Waals surface area contributed by atoms with Gasteiger partial charge in [0.2, 0.25) is 11.6 Å². The van der Waals surface area contributed by atoms with Gasteiger partial charge < -0.3 is 24.6 Å². The van der Waals surface area contributed by atoms with Crippen molar-refractivity contribution >= 4 is 28.8 Å². The molecule has 4 aromatic rings. The number of hydrogen-bond donors (Lipinski definition) is 2. The summed E-state index contributed by atoms with van der Waals surface area (Å²) in [6.07, 6.45) is 1.80. The molecule has 4 rings (SSSR count). The van der Waals surface area contributed by atoms with Crippen molar-refractivity contribution < 1.29 is 24.1 Å². The van der Waals surface area contributed by atoms with Crippen LogP contribution in [0.4, 0.5) is 5.69 Å². The van der Waals surface area contributed by atoms with Gasteiger partial charge in [-0.3, -0.25) is 4.79 Å². The van der Waals surface area contributed by atoms with Gasteiger partial charge in [0.05, 0.1) is 27.5 Å². The van der Waals surface area contributed by atoms with Crippen molar-refractivity contribution in [3.8, 4) is 23.1 Å². The van der Waals surface area contributed by atoms with Crippen molar-refractivity contribution in [2.24, 2.45) is 0 Å². The van der Waals surface area contributed by atoms with Crippen LogP contribution in [0.3, 0.4) is 0 Å². The fourth-order valence-corrected chi connectivity index (χ4v) is 3.77. The fourth-order valence-electron chi connectivity index (χ4n) is 3.65. The zero-order valence-electron chi connectivity index (χ0n) is 19.0. The van der Waals surface area contributed by atoms with Crippen LogP contribution in [0.15, 0.2) is 42.6 Å². The molecule has 0 saturated heterocycles. The molecular formula is C24H23ClN4O5. The fraction of sp³-hybridized carbons (Fsp3) is 0.208. The van der Waals surface area contributed by atoms with Crippen molar-refractivity contribution in [1.29, 1.82) is 0 Å². The van der Waals surface area contributed by atoms with Crippen LogP contribution in [0.1, 0.15) is 27.2 Å². The molecule has 0 aliphatic carbocycles. The molecule has 0 fully saturated rings. The molecule has 1 amide bonds. The van der Waals surface area contributed by atoms with Gasteiger partial charge in [0, 0.05) is 40.5 Å². The maximum Gasteiger partial charge on any atom is 0.261 e. The van der Waals surface area contributed by atoms with Crippen LogP contribution in [-0.2, 0) is 6.42 Å². The van der Waals surface area contributed by atoms with Gasteiger partial charge in [-0.2, -0.15) is 9.61 Å². The Morgan fingerprint density at radius 2 is 1.74 bits per heavy atom. The van der Waals surface area contributed by atoms with Crippen molar-refractivity contribution in [3.63, 3.8) is 0 Å². The SMILES string of the molecule is COc1cc(NC(=O)c2cnn3c(O)c(Cc4ccc(Cl)cc4)c(C)nc23)cc(OC)c1OC. The van der Waals surface area contributed by atoms with Crippen LogP contribution in [0.25, 0.3) is 5.65 Å². The van der Waals surface area contributed by atoms with Gasteiger partial charge in [0.25, 0.3) is 5.91 Å². The quantitative estimate of drug-likeness (QED) is 0.405. The van der Waals surface area contributed by atoms with Crippen LogP contribution in [0.2, 0.25) is 5.02 Å². The van der Waals surface area contributed by atoms with Crippen LogP contribution >= 0.6 is 11.6 Å². The summed E-state index contributed by atoms with van der Waals surface area (Å²) in [6.45, 7) is 1.78. The van der Waals surface area contributed by atoms with E-state index >= 15 is 0 Å². The lowest BCUT2D eigenvalue weighted by molar-refractivity contribution is 0.102. The number of anilines is 1. The number of aryl methyl sites for hydroxylation is 1. The van der Waals surface area contributed by atoms with E-state index in [4.69, 9.17) is 25.8 Å². The molecule has 2 aromatic carbocycles. The lowest BCUT2D eigenvalue weighted by Crippen LogP contribution is -2.13. The topological polar surface area (TPSA) is 107 Å². The number of amides is 1. The highest BCUT2D eigenvalue weighted by atomic mass is 35.5. The van der Waals surface area contributed by atoms with Crippen LogP contribution in [0.5, 0.6) is 23.1 Å². The van der Waals surface area contributed by atoms with Gasteiger partial charge in [-0.25, -0.2) is 4.98 Å². The summed E-state index contributed by atoms with van der Waals surface area (Å²) in [7, 11) is 4.48. The number of rotatable bonds is 7. The molecule has 0 saturated carbocycles. The maximum atomic E-state index is 13.1. The number of nitrogens with one attached hydrogen (secondary N) is 1. The molecule has 176 valence electrons. The second-order valence-corrected chi connectivity index (χ2v) is 7.90. The van der Waals surface area contributed by atoms with E-state index in [1.165, 1.54) is 32.0 Å². The van der Waals surface area contributed by atoms with Gasteiger partial charge in [0.15, 0.2) is 17.1 Å². The van der Waals surface area contributed by atoms with E-state index in [1.807, 2.05) is 12.1 Å². The summed E-state index contributed by atoms with van der Waals surface area (Å²) in [5.41, 5.74) is 3.01. The third-order valence-corrected chi connectivity index (χ3v) is 5.64. The molecule has 2 N–H and O–H groups in total. The Morgan fingerprint density at radius 1 is 1.09 bits per heavy atom. The first-order valence-electron chi connectivity index (χ1n) is 10.3. The molecule has 2 aromatic heterocycles. The van der Waals surface area contributed by atoms with Gasteiger partial charge in [-0.05, 0) is 24.6 Å². The number of ether oxygens (including phenoxy) is 3. The second-order valence-electron chi connectivity index (χ2n) is 7.46. The normalized spacial score (nSPS) is 10.9. The van der Waals surface area contributed by atoms with E-state index in [0.29, 0.717) is 45.6 Å². The van der Waals surface area contributed by atoms with E-state index in [1.54, 1.807) is 31.2 Å². The average molecular weight is 483 g/mol. The number of halogens is 1. The number of aromatic hydroxyl groups is 1. The van der Waals surface area contributed by atoms with Crippen molar-refractivity contribution in [2.45, 2.75) is 13.3 Å². The van der Waals surface area contributed by atoms with Crippen molar-refractivity contribution in [2.75, 3.05) is 26.6 Å². The third-order valence-electron chi connectivity index (χ3n) is 5.39. The van der Waals surface area contributed by atoms with Gasteiger partial charge >= 0.3 is 0 Å². The number of fused-ring (bicyclic) bond motifs is 1. The van der Waals surface area contributed by atoms with Crippen molar-refractivity contribution in [3.05, 3.63) is 70.0 Å². The third kappa shape index (κ3) is 4.29. The molecule has 0 radical (unpaired) electrons. The van der Waals surface area contributed by atoms with E-state index in [0.717, 1.165) is 5.56 Å². The average Bonchev–Trinajstić information content (AvgIpc) is 3.26. The van der Waals surface area contributed by atoms with Gasteiger partial charge in [-0.15, -0.1) is 0 Å². The lowest BCUT2D eigenvalue weighted by Gasteiger charge is -2.14. The highest BCUT2D eigenvalue weighted by Gasteiger charge is 2.21. The molecule has 10 heteroatoms. The molecule has 9 nitrogen and oxygen atoms in total. The summed E-state index contributed by atoms with van der Waals surface area (Å²) >= 11 is 5.96. The summed E-state index contributed by atoms with van der Waals surface area (Å²) < 4.78 is 17.2. The number of methoxy groups -OCH3 is 3. The van der Waals surface area contributed by atoms with Crippen LogP contribution in [-0.4, -0.2) is 46.9 Å². The van der Waals surface area contributed by atoms with E-state index in [9.17, 15) is 9.90 Å². The Morgan fingerprint density at radius 3 is 2.32 bits per heavy atom. The molecule has 34 heavy (non-hydrogen) atoms. The lowest BCUT2D eigenvalue weighted by atomic mass is 10.0. The predicted octanol–water partition coefficient (Wildman–Crippen LogP) is 4.27. The number of benzene rings is 2. The standard InChI is InChI=1S/C24H23ClN4O5/c1-13-17(9-14-5-7-15(25)8-6-14)24(31)29-22(27-13)18(12-26-29)23(30)28-16-10-19(32-2)21(34-4)20(11-16)33-3/h5-8,10-12,31H,9H2,1-4H3,(H,28,30). The molecule has 0 aliphatic heterocycles. The van der Waals surface area contributed by atoms with Gasteiger partial charge in [-0.1, -0.05) is 23.7 Å². The first kappa shape index (κ1) is 23.2. The van der Waals surface area contributed by atoms with Gasteiger partial charge in [0.1, 0.15) is 5.56 Å². The molecule has 0 bridgehead atoms. The Balaban J connectivity index is 1.67. The predicted molar refractivity (Wildman–Crippen MR) is 128 cm³/mol. The second kappa shape index (κ2) is 9.48. The minimum atomic E-state index is -0.457. The number of nitrogens with zero attached hydrogens (tertiary/aromatic N) is 3. The zero-order chi connectivity index (χ0) is 24.4. The minimum absolute atomic E-state index is 0.0794. The number of carbonyl (C=O) groups is 1. The smallest absolute Gasteiger partial charge is 0.261 e. The summed E-state index contributed by atoms with van der Waals surface area (Å²) in [4.78, 5) is 17.6.